The number of benzene rings is 1. The van der Waals surface area contributed by atoms with Crippen molar-refractivity contribution in [3.63, 3.8) is 0 Å². The largest absolute Gasteiger partial charge is 0.448 e. The van der Waals surface area contributed by atoms with Crippen LogP contribution >= 0.6 is 21.6 Å². The van der Waals surface area contributed by atoms with Crippen LogP contribution < -0.4 is 11.2 Å². The molecule has 9 heteroatoms. The lowest BCUT2D eigenvalue weighted by Gasteiger charge is -2.19. The molecular weight excluding hydrogens is 436 g/mol. The number of nitrogens with two attached hydrogens (primary N) is 1. The summed E-state index contributed by atoms with van der Waals surface area (Å²) in [5.41, 5.74) is 3.16. The van der Waals surface area contributed by atoms with Crippen LogP contribution in [0.3, 0.4) is 0 Å². The van der Waals surface area contributed by atoms with E-state index in [1.165, 1.54) is 0 Å². The average Bonchev–Trinajstić information content (AvgIpc) is 2.79. The Bertz CT molecular complexity index is 756. The van der Waals surface area contributed by atoms with E-state index in [-0.39, 0.29) is 12.5 Å². The van der Waals surface area contributed by atoms with Crippen LogP contribution in [0.5, 0.6) is 0 Å². The number of carbonyl (C=O) groups is 2. The van der Waals surface area contributed by atoms with Crippen LogP contribution in [0, 0.1) is 5.92 Å². The van der Waals surface area contributed by atoms with Gasteiger partial charge in [0.25, 0.3) is 0 Å². The second-order valence-electron chi connectivity index (χ2n) is 6.88. The summed E-state index contributed by atoms with van der Waals surface area (Å²) in [7, 11) is 3.13. The second-order valence-corrected chi connectivity index (χ2v) is 9.58. The molecule has 2 amide bonds. The number of imide groups is 1. The van der Waals surface area contributed by atoms with E-state index in [9.17, 15) is 9.59 Å². The minimum absolute atomic E-state index is 0.225. The van der Waals surface area contributed by atoms with Crippen molar-refractivity contribution in [2.75, 3.05) is 31.3 Å². The van der Waals surface area contributed by atoms with Gasteiger partial charge in [0.05, 0.1) is 25.7 Å². The average molecular weight is 467 g/mol. The Morgan fingerprint density at radius 3 is 2.61 bits per heavy atom. The first-order chi connectivity index (χ1) is 15.1. The molecule has 0 bridgehead atoms. The molecular formula is C22H30N2O5S2. The Hall–Kier alpha value is -1.78. The summed E-state index contributed by atoms with van der Waals surface area (Å²) < 4.78 is 10.9. The van der Waals surface area contributed by atoms with Gasteiger partial charge >= 0.3 is 6.09 Å². The SMILES string of the molecule is CC(C(=O)NC(=O)OCCSSCCON)C1=CC(COCc2ccccc2)=CCC1. The summed E-state index contributed by atoms with van der Waals surface area (Å²) in [6.07, 6.45) is 5.05. The number of nitrogens with one attached hydrogen (secondary N) is 1. The first kappa shape index (κ1) is 25.5. The number of rotatable bonds is 13. The highest BCUT2D eigenvalue weighted by molar-refractivity contribution is 8.76. The zero-order valence-electron chi connectivity index (χ0n) is 17.7. The highest BCUT2D eigenvalue weighted by Crippen LogP contribution is 2.25. The van der Waals surface area contributed by atoms with E-state index in [4.69, 9.17) is 15.4 Å². The van der Waals surface area contributed by atoms with Crippen LogP contribution in [-0.2, 0) is 25.7 Å². The van der Waals surface area contributed by atoms with Gasteiger partial charge in [-0.25, -0.2) is 10.7 Å². The molecule has 2 rings (SSSR count). The predicted molar refractivity (Wildman–Crippen MR) is 125 cm³/mol. The van der Waals surface area contributed by atoms with Gasteiger partial charge in [-0.3, -0.25) is 10.1 Å². The van der Waals surface area contributed by atoms with Crippen molar-refractivity contribution in [3.8, 4) is 0 Å². The summed E-state index contributed by atoms with van der Waals surface area (Å²) in [5.74, 6) is 5.55. The maximum atomic E-state index is 12.4. The highest BCUT2D eigenvalue weighted by Gasteiger charge is 2.21. The third-order valence-corrected chi connectivity index (χ3v) is 6.87. The van der Waals surface area contributed by atoms with Crippen LogP contribution in [0.4, 0.5) is 4.79 Å². The lowest BCUT2D eigenvalue weighted by atomic mass is 9.90. The Labute approximate surface area is 191 Å². The molecule has 1 aromatic carbocycles. The Morgan fingerprint density at radius 2 is 1.87 bits per heavy atom. The fourth-order valence-electron chi connectivity index (χ4n) is 2.88. The second kappa shape index (κ2) is 15.1. The smallest absolute Gasteiger partial charge is 0.413 e. The normalized spacial score (nSPS) is 14.4. The first-order valence-electron chi connectivity index (χ1n) is 10.1. The number of alkyl carbamates (subject to hydrolysis) is 1. The van der Waals surface area contributed by atoms with Crippen LogP contribution in [0.2, 0.25) is 0 Å². The van der Waals surface area contributed by atoms with E-state index < -0.39 is 12.0 Å². The molecule has 7 nitrogen and oxygen atoms in total. The van der Waals surface area contributed by atoms with E-state index in [2.05, 4.69) is 16.2 Å². The molecule has 1 aliphatic rings. The molecule has 1 unspecified atom stereocenters. The quantitative estimate of drug-likeness (QED) is 0.256. The summed E-state index contributed by atoms with van der Waals surface area (Å²) >= 11 is 0. The maximum absolute atomic E-state index is 12.4. The third-order valence-electron chi connectivity index (χ3n) is 4.53. The lowest BCUT2D eigenvalue weighted by Crippen LogP contribution is -2.36. The number of carbonyl (C=O) groups excluding carboxylic acids is 2. The fourth-order valence-corrected chi connectivity index (χ4v) is 4.54. The van der Waals surface area contributed by atoms with Crippen molar-refractivity contribution in [2.45, 2.75) is 26.4 Å². The molecule has 1 aliphatic carbocycles. The molecule has 0 radical (unpaired) electrons. The van der Waals surface area contributed by atoms with E-state index >= 15 is 0 Å². The zero-order valence-corrected chi connectivity index (χ0v) is 19.3. The van der Waals surface area contributed by atoms with Gasteiger partial charge < -0.3 is 14.3 Å². The monoisotopic (exact) mass is 466 g/mol. The number of amides is 2. The van der Waals surface area contributed by atoms with Gasteiger partial charge in [0.2, 0.25) is 5.91 Å². The Morgan fingerprint density at radius 1 is 1.13 bits per heavy atom. The molecule has 0 saturated carbocycles. The molecule has 0 aromatic heterocycles. The molecule has 1 aromatic rings. The first-order valence-corrected chi connectivity index (χ1v) is 12.6. The molecule has 170 valence electrons. The highest BCUT2D eigenvalue weighted by atomic mass is 33.1. The number of hydrogen-bond acceptors (Lipinski definition) is 8. The van der Waals surface area contributed by atoms with E-state index in [1.807, 2.05) is 36.4 Å². The number of ether oxygens (including phenoxy) is 2. The van der Waals surface area contributed by atoms with E-state index in [0.29, 0.717) is 25.6 Å². The van der Waals surface area contributed by atoms with Crippen molar-refractivity contribution < 1.29 is 23.9 Å². The number of hydrogen-bond donors (Lipinski definition) is 2. The van der Waals surface area contributed by atoms with Gasteiger partial charge in [0.15, 0.2) is 0 Å². The lowest BCUT2D eigenvalue weighted by molar-refractivity contribution is -0.122. The minimum atomic E-state index is -0.717. The summed E-state index contributed by atoms with van der Waals surface area (Å²) in [5, 5.41) is 2.32. The van der Waals surface area contributed by atoms with Gasteiger partial charge in [0, 0.05) is 11.5 Å². The third kappa shape index (κ3) is 10.4. The van der Waals surface area contributed by atoms with Crippen LogP contribution in [-0.4, -0.2) is 43.3 Å². The van der Waals surface area contributed by atoms with Crippen LogP contribution in [0.15, 0.2) is 53.6 Å². The van der Waals surface area contributed by atoms with E-state index in [1.54, 1.807) is 28.5 Å². The van der Waals surface area contributed by atoms with Crippen molar-refractivity contribution >= 4 is 33.6 Å². The molecule has 3 N–H and O–H groups in total. The molecule has 31 heavy (non-hydrogen) atoms. The van der Waals surface area contributed by atoms with Gasteiger partial charge in [-0.2, -0.15) is 0 Å². The zero-order chi connectivity index (χ0) is 22.3. The van der Waals surface area contributed by atoms with Crippen LogP contribution in [0.1, 0.15) is 25.3 Å². The van der Waals surface area contributed by atoms with Crippen molar-refractivity contribution in [2.24, 2.45) is 11.8 Å². The van der Waals surface area contributed by atoms with E-state index in [0.717, 1.165) is 35.3 Å². The fraction of sp³-hybridized carbons (Fsp3) is 0.455. The summed E-state index contributed by atoms with van der Waals surface area (Å²) in [6, 6.07) is 9.99. The summed E-state index contributed by atoms with van der Waals surface area (Å²) in [6.45, 7) is 3.52. The summed E-state index contributed by atoms with van der Waals surface area (Å²) in [4.78, 5) is 28.8. The van der Waals surface area contributed by atoms with Crippen LogP contribution in [0.25, 0.3) is 0 Å². The van der Waals surface area contributed by atoms with Gasteiger partial charge in [-0.1, -0.05) is 69.6 Å². The van der Waals surface area contributed by atoms with Crippen molar-refractivity contribution in [1.29, 1.82) is 0 Å². The molecule has 1 atom stereocenters. The predicted octanol–water partition coefficient (Wildman–Crippen LogP) is 4.01. The molecule has 0 saturated heterocycles. The molecule has 0 fully saturated rings. The standard InChI is InChI=1S/C22H30N2O5S2/c1-17(21(25)24-22(26)28-10-12-30-31-13-11-29-23)20-9-5-8-19(14-20)16-27-15-18-6-3-2-4-7-18/h2-4,6-8,14,17H,5,9-13,15-16,23H2,1H3,(H,24,25,26). The van der Waals surface area contributed by atoms with Gasteiger partial charge in [-0.05, 0) is 30.9 Å². The molecule has 0 spiro atoms. The topological polar surface area (TPSA) is 99.9 Å². The maximum Gasteiger partial charge on any atom is 0.413 e. The Kier molecular flexibility index (Phi) is 12.4. The van der Waals surface area contributed by atoms with Crippen molar-refractivity contribution in [3.05, 3.63) is 59.2 Å². The Balaban J connectivity index is 1.69. The number of allylic oxidation sites excluding steroid dienone is 1. The minimum Gasteiger partial charge on any atom is -0.448 e. The molecule has 0 aliphatic heterocycles. The van der Waals surface area contributed by atoms with Crippen molar-refractivity contribution in [1.82, 2.24) is 5.32 Å². The van der Waals surface area contributed by atoms with Gasteiger partial charge in [0.1, 0.15) is 6.61 Å². The molecule has 0 heterocycles. The van der Waals surface area contributed by atoms with Gasteiger partial charge in [-0.15, -0.1) is 0 Å².